The van der Waals surface area contributed by atoms with Crippen LogP contribution < -0.4 is 10.6 Å². The Kier molecular flexibility index (Phi) is 4.33. The first-order valence-electron chi connectivity index (χ1n) is 6.39. The predicted octanol–water partition coefficient (Wildman–Crippen LogP) is 0.706. The highest BCUT2D eigenvalue weighted by Crippen LogP contribution is 2.35. The van der Waals surface area contributed by atoms with E-state index in [1.54, 1.807) is 11.8 Å². The summed E-state index contributed by atoms with van der Waals surface area (Å²) in [5.74, 6) is 1.79. The molecule has 1 aliphatic heterocycles. The fourth-order valence-corrected chi connectivity index (χ4v) is 3.51. The van der Waals surface area contributed by atoms with Crippen molar-refractivity contribution >= 4 is 17.7 Å². The van der Waals surface area contributed by atoms with Crippen molar-refractivity contribution in [1.82, 2.24) is 10.6 Å². The van der Waals surface area contributed by atoms with E-state index in [1.165, 1.54) is 0 Å². The van der Waals surface area contributed by atoms with E-state index in [9.17, 15) is 9.90 Å². The normalized spacial score (nSPS) is 38.0. The Bertz CT molecular complexity index is 282. The molecule has 0 radical (unpaired) electrons. The lowest BCUT2D eigenvalue weighted by atomic mass is 9.73. The highest BCUT2D eigenvalue weighted by Gasteiger charge is 2.36. The van der Waals surface area contributed by atoms with E-state index in [2.05, 4.69) is 17.6 Å². The first-order valence-corrected chi connectivity index (χ1v) is 7.54. The second-order valence-electron chi connectivity index (χ2n) is 5.41. The van der Waals surface area contributed by atoms with Gasteiger partial charge in [-0.25, -0.2) is 0 Å². The number of aliphatic hydroxyl groups is 1. The molecule has 4 nitrogen and oxygen atoms in total. The largest absolute Gasteiger partial charge is 0.392 e. The maximum absolute atomic E-state index is 11.9. The fraction of sp³-hybridized carbons (Fsp3) is 0.917. The molecule has 0 spiro atoms. The number of hydrogen-bond acceptors (Lipinski definition) is 4. The Labute approximate surface area is 107 Å². The molecule has 2 rings (SSSR count). The van der Waals surface area contributed by atoms with Crippen LogP contribution in [-0.2, 0) is 4.79 Å². The van der Waals surface area contributed by atoms with E-state index in [0.717, 1.165) is 37.3 Å². The van der Waals surface area contributed by atoms with E-state index < -0.39 is 0 Å². The average Bonchev–Trinajstić information content (AvgIpc) is 2.84. The third kappa shape index (κ3) is 3.14. The molecule has 3 N–H and O–H groups in total. The minimum Gasteiger partial charge on any atom is -0.392 e. The van der Waals surface area contributed by atoms with Crippen LogP contribution in [0.15, 0.2) is 0 Å². The molecule has 1 amide bonds. The topological polar surface area (TPSA) is 61.4 Å². The number of aliphatic hydroxyl groups excluding tert-OH is 1. The summed E-state index contributed by atoms with van der Waals surface area (Å²) in [6.45, 7) is 2.67. The fourth-order valence-electron chi connectivity index (χ4n) is 2.56. The van der Waals surface area contributed by atoms with Crippen LogP contribution in [0.2, 0.25) is 0 Å². The monoisotopic (exact) mass is 258 g/mol. The van der Waals surface area contributed by atoms with Crippen molar-refractivity contribution in [2.24, 2.45) is 5.41 Å². The van der Waals surface area contributed by atoms with Gasteiger partial charge in [0.1, 0.15) is 0 Å². The molecule has 1 saturated carbocycles. The van der Waals surface area contributed by atoms with Crippen LogP contribution in [0.1, 0.15) is 32.6 Å². The highest BCUT2D eigenvalue weighted by molar-refractivity contribution is 7.99. The van der Waals surface area contributed by atoms with Gasteiger partial charge in [-0.3, -0.25) is 10.1 Å². The lowest BCUT2D eigenvalue weighted by molar-refractivity contribution is -0.123. The van der Waals surface area contributed by atoms with Crippen LogP contribution in [0.5, 0.6) is 0 Å². The summed E-state index contributed by atoms with van der Waals surface area (Å²) in [4.78, 5) is 11.9. The maximum atomic E-state index is 11.9. The second kappa shape index (κ2) is 5.59. The van der Waals surface area contributed by atoms with Crippen molar-refractivity contribution in [1.29, 1.82) is 0 Å². The van der Waals surface area contributed by atoms with E-state index in [0.29, 0.717) is 6.54 Å². The van der Waals surface area contributed by atoms with Gasteiger partial charge in [0.25, 0.3) is 0 Å². The quantitative estimate of drug-likeness (QED) is 0.697. The van der Waals surface area contributed by atoms with Crippen LogP contribution in [0.3, 0.4) is 0 Å². The van der Waals surface area contributed by atoms with Crippen LogP contribution in [0.4, 0.5) is 0 Å². The van der Waals surface area contributed by atoms with Crippen molar-refractivity contribution in [2.45, 2.75) is 44.8 Å². The van der Waals surface area contributed by atoms with Crippen molar-refractivity contribution in [2.75, 3.05) is 18.2 Å². The minimum absolute atomic E-state index is 0.0515. The van der Waals surface area contributed by atoms with Crippen molar-refractivity contribution in [3.05, 3.63) is 0 Å². The molecular formula is C12H22N2O2S. The lowest BCUT2D eigenvalue weighted by Gasteiger charge is -2.38. The molecule has 17 heavy (non-hydrogen) atoms. The summed E-state index contributed by atoms with van der Waals surface area (Å²) < 4.78 is 0. The summed E-state index contributed by atoms with van der Waals surface area (Å²) in [5.41, 5.74) is -0.139. The zero-order chi connectivity index (χ0) is 12.3. The van der Waals surface area contributed by atoms with E-state index in [4.69, 9.17) is 0 Å². The van der Waals surface area contributed by atoms with Crippen molar-refractivity contribution < 1.29 is 9.90 Å². The van der Waals surface area contributed by atoms with Gasteiger partial charge in [-0.15, -0.1) is 11.8 Å². The molecule has 2 aliphatic rings. The summed E-state index contributed by atoms with van der Waals surface area (Å²) in [6, 6.07) is -0.0515. The third-order valence-corrected chi connectivity index (χ3v) is 4.92. The zero-order valence-corrected chi connectivity index (χ0v) is 11.2. The smallest absolute Gasteiger partial charge is 0.238 e. The number of carbonyl (C=O) groups is 1. The molecule has 0 aromatic heterocycles. The molecular weight excluding hydrogens is 236 g/mol. The first-order chi connectivity index (χ1) is 8.12. The minimum atomic E-state index is -0.275. The molecule has 5 heteroatoms. The summed E-state index contributed by atoms with van der Waals surface area (Å²) in [6.07, 6.45) is 3.85. The van der Waals surface area contributed by atoms with Crippen LogP contribution >= 0.6 is 11.8 Å². The SMILES string of the molecule is C[C@]1(CNC(=O)[C@@H]2CSCN2)CCCC[C@@H]1O. The molecule has 2 fully saturated rings. The van der Waals surface area contributed by atoms with Crippen LogP contribution in [-0.4, -0.2) is 41.3 Å². The Hall–Kier alpha value is -0.260. The predicted molar refractivity (Wildman–Crippen MR) is 69.8 cm³/mol. The van der Waals surface area contributed by atoms with Gasteiger partial charge in [-0.05, 0) is 12.8 Å². The molecule has 0 aromatic rings. The average molecular weight is 258 g/mol. The second-order valence-corrected chi connectivity index (χ2v) is 6.44. The van der Waals surface area contributed by atoms with Gasteiger partial charge >= 0.3 is 0 Å². The molecule has 3 atom stereocenters. The molecule has 98 valence electrons. The third-order valence-electron chi connectivity index (χ3n) is 3.98. The Balaban J connectivity index is 1.81. The van der Waals surface area contributed by atoms with Gasteiger partial charge in [-0.1, -0.05) is 19.8 Å². The van der Waals surface area contributed by atoms with Gasteiger partial charge in [0.05, 0.1) is 12.1 Å². The van der Waals surface area contributed by atoms with Gasteiger partial charge in [0.2, 0.25) is 5.91 Å². The van der Waals surface area contributed by atoms with Crippen LogP contribution in [0, 0.1) is 5.41 Å². The van der Waals surface area contributed by atoms with Gasteiger partial charge in [-0.2, -0.15) is 0 Å². The highest BCUT2D eigenvalue weighted by atomic mass is 32.2. The van der Waals surface area contributed by atoms with Gasteiger partial charge in [0, 0.05) is 23.6 Å². The number of carbonyl (C=O) groups excluding carboxylic acids is 1. The van der Waals surface area contributed by atoms with Crippen molar-refractivity contribution in [3.63, 3.8) is 0 Å². The Morgan fingerprint density at radius 1 is 1.59 bits per heavy atom. The molecule has 0 aromatic carbocycles. The van der Waals surface area contributed by atoms with E-state index in [1.807, 2.05) is 0 Å². The lowest BCUT2D eigenvalue weighted by Crippen LogP contribution is -2.49. The maximum Gasteiger partial charge on any atom is 0.238 e. The summed E-state index contributed by atoms with van der Waals surface area (Å²) in [5, 5.41) is 16.2. The number of amides is 1. The van der Waals surface area contributed by atoms with E-state index >= 15 is 0 Å². The Morgan fingerprint density at radius 3 is 3.06 bits per heavy atom. The van der Waals surface area contributed by atoms with Gasteiger partial charge in [0.15, 0.2) is 0 Å². The molecule has 0 unspecified atom stereocenters. The van der Waals surface area contributed by atoms with Crippen molar-refractivity contribution in [3.8, 4) is 0 Å². The first kappa shape index (κ1) is 13.2. The van der Waals surface area contributed by atoms with Crippen LogP contribution in [0.25, 0.3) is 0 Å². The van der Waals surface area contributed by atoms with Gasteiger partial charge < -0.3 is 10.4 Å². The molecule has 0 bridgehead atoms. The number of nitrogens with one attached hydrogen (secondary N) is 2. The van der Waals surface area contributed by atoms with E-state index in [-0.39, 0.29) is 23.5 Å². The number of rotatable bonds is 3. The summed E-state index contributed by atoms with van der Waals surface area (Å²) >= 11 is 1.75. The molecule has 1 saturated heterocycles. The standard InChI is InChI=1S/C12H22N2O2S/c1-12(5-3-2-4-10(12)15)7-13-11(16)9-6-17-8-14-9/h9-10,14-15H,2-8H2,1H3,(H,13,16)/t9-,10-,12+/m0/s1. The Morgan fingerprint density at radius 2 is 2.41 bits per heavy atom. The summed E-state index contributed by atoms with van der Waals surface area (Å²) in [7, 11) is 0. The number of thioether (sulfide) groups is 1. The zero-order valence-electron chi connectivity index (χ0n) is 10.4. The molecule has 1 aliphatic carbocycles. The number of hydrogen-bond donors (Lipinski definition) is 3. The molecule has 1 heterocycles.